The Bertz CT molecular complexity index is 1600. The van der Waals surface area contributed by atoms with E-state index in [0.29, 0.717) is 33.7 Å². The van der Waals surface area contributed by atoms with Gasteiger partial charge in [-0.05, 0) is 36.3 Å². The van der Waals surface area contributed by atoms with E-state index in [4.69, 9.17) is 32.9 Å². The number of hydrogen-bond donors (Lipinski definition) is 0. The van der Waals surface area contributed by atoms with E-state index >= 15 is 0 Å². The van der Waals surface area contributed by atoms with Gasteiger partial charge >= 0.3 is 0 Å². The van der Waals surface area contributed by atoms with Crippen molar-refractivity contribution in [3.05, 3.63) is 118 Å². The molecule has 0 aliphatic carbocycles. The molecular formula is C33H30Cl2N4O. The van der Waals surface area contributed by atoms with Gasteiger partial charge in [-0.15, -0.1) is 0 Å². The number of pyridine rings is 1. The molecule has 202 valence electrons. The van der Waals surface area contributed by atoms with Crippen LogP contribution in [0.5, 0.6) is 5.88 Å². The van der Waals surface area contributed by atoms with Crippen molar-refractivity contribution < 1.29 is 4.74 Å². The smallest absolute Gasteiger partial charge is 0.215 e. The Morgan fingerprint density at radius 1 is 0.900 bits per heavy atom. The van der Waals surface area contributed by atoms with Crippen molar-refractivity contribution in [2.45, 2.75) is 19.9 Å². The van der Waals surface area contributed by atoms with Crippen molar-refractivity contribution >= 4 is 34.2 Å². The second-order valence-electron chi connectivity index (χ2n) is 9.49. The molecule has 0 N–H and O–H groups in total. The third-order valence-electron chi connectivity index (χ3n) is 7.16. The maximum Gasteiger partial charge on any atom is 0.215 e. The van der Waals surface area contributed by atoms with Crippen LogP contribution >= 0.6 is 23.2 Å². The summed E-state index contributed by atoms with van der Waals surface area (Å²) in [6.07, 6.45) is 1.88. The molecular weight excluding hydrogens is 539 g/mol. The van der Waals surface area contributed by atoms with Crippen LogP contribution in [0.1, 0.15) is 36.6 Å². The number of rotatable bonds is 10. The molecule has 40 heavy (non-hydrogen) atoms. The highest BCUT2D eigenvalue weighted by molar-refractivity contribution is 6.36. The van der Waals surface area contributed by atoms with Gasteiger partial charge in [0.1, 0.15) is 18.3 Å². The Morgan fingerprint density at radius 3 is 2.12 bits per heavy atom. The molecule has 2 heterocycles. The van der Waals surface area contributed by atoms with Crippen LogP contribution in [0, 0.1) is 11.3 Å². The van der Waals surface area contributed by atoms with Gasteiger partial charge < -0.3 is 14.2 Å². The zero-order valence-corrected chi connectivity index (χ0v) is 24.0. The van der Waals surface area contributed by atoms with E-state index in [1.165, 1.54) is 0 Å². The molecule has 0 aliphatic heterocycles. The predicted molar refractivity (Wildman–Crippen MR) is 163 cm³/mol. The van der Waals surface area contributed by atoms with Crippen LogP contribution in [-0.2, 0) is 0 Å². The molecule has 0 aliphatic rings. The molecule has 0 saturated carbocycles. The summed E-state index contributed by atoms with van der Waals surface area (Å²) in [7, 11) is 0. The molecule has 5 nitrogen and oxygen atoms in total. The fourth-order valence-corrected chi connectivity index (χ4v) is 5.62. The first-order valence-electron chi connectivity index (χ1n) is 13.4. The highest BCUT2D eigenvalue weighted by atomic mass is 35.5. The van der Waals surface area contributed by atoms with Crippen LogP contribution in [-0.4, -0.2) is 40.7 Å². The summed E-state index contributed by atoms with van der Waals surface area (Å²) < 4.78 is 8.32. The number of nitriles is 1. The summed E-state index contributed by atoms with van der Waals surface area (Å²) in [6.45, 7) is 7.44. The molecule has 0 atom stereocenters. The van der Waals surface area contributed by atoms with Crippen LogP contribution in [0.2, 0.25) is 10.0 Å². The van der Waals surface area contributed by atoms with Crippen molar-refractivity contribution in [3.63, 3.8) is 0 Å². The molecule has 5 aromatic rings. The van der Waals surface area contributed by atoms with E-state index in [2.05, 4.69) is 53.6 Å². The molecule has 0 saturated heterocycles. The number of nitrogens with zero attached hydrogens (tertiary/aromatic N) is 4. The first-order chi connectivity index (χ1) is 19.5. The van der Waals surface area contributed by atoms with Gasteiger partial charge in [0.2, 0.25) is 5.88 Å². The number of benzene rings is 3. The Morgan fingerprint density at radius 2 is 1.55 bits per heavy atom. The number of ether oxygens (including phenoxy) is 1. The number of halogens is 2. The third kappa shape index (κ3) is 5.71. The standard InChI is InChI=1S/C33H30Cl2N4O/c1-3-38(4-2)17-18-40-30-20-28(27-16-15-26(34)19-29(27)35)31-25(21-36)22-39(33(31)37-30)32(23-11-7-5-8-12-23)24-13-9-6-10-14-24/h5-16,19-20,22,32H,3-4,17-18H2,1-2H3. The second-order valence-corrected chi connectivity index (χ2v) is 10.3. The van der Waals surface area contributed by atoms with Crippen LogP contribution in [0.15, 0.2) is 91.1 Å². The average Bonchev–Trinajstić information content (AvgIpc) is 3.34. The monoisotopic (exact) mass is 568 g/mol. The lowest BCUT2D eigenvalue weighted by atomic mass is 9.98. The van der Waals surface area contributed by atoms with Crippen molar-refractivity contribution in [2.24, 2.45) is 0 Å². The largest absolute Gasteiger partial charge is 0.476 e. The Balaban J connectivity index is 1.75. The molecule has 0 bridgehead atoms. The summed E-state index contributed by atoms with van der Waals surface area (Å²) >= 11 is 13.0. The number of aromatic nitrogens is 2. The molecule has 5 rings (SSSR count). The maximum absolute atomic E-state index is 10.3. The lowest BCUT2D eigenvalue weighted by molar-refractivity contribution is 0.218. The molecule has 0 fully saturated rings. The SMILES string of the molecule is CCN(CC)CCOc1cc(-c2ccc(Cl)cc2Cl)c2c(C#N)cn(C(c3ccccc3)c3ccccc3)c2n1. The molecule has 0 radical (unpaired) electrons. The van der Waals surface area contributed by atoms with Crippen LogP contribution in [0.3, 0.4) is 0 Å². The van der Waals surface area contributed by atoms with E-state index in [1.807, 2.05) is 54.7 Å². The average molecular weight is 570 g/mol. The predicted octanol–water partition coefficient (Wildman–Crippen LogP) is 8.24. The Hall–Kier alpha value is -3.82. The Labute approximate surface area is 245 Å². The number of fused-ring (bicyclic) bond motifs is 1. The van der Waals surface area contributed by atoms with E-state index in [0.717, 1.165) is 47.3 Å². The van der Waals surface area contributed by atoms with Gasteiger partial charge in [0.05, 0.1) is 11.6 Å². The van der Waals surface area contributed by atoms with Crippen LogP contribution in [0.4, 0.5) is 0 Å². The minimum atomic E-state index is -0.209. The highest BCUT2D eigenvalue weighted by Gasteiger charge is 2.25. The fraction of sp³-hybridized carbons (Fsp3) is 0.212. The topological polar surface area (TPSA) is 54.1 Å². The molecule has 0 unspecified atom stereocenters. The first kappa shape index (κ1) is 27.7. The summed E-state index contributed by atoms with van der Waals surface area (Å²) in [4.78, 5) is 7.30. The van der Waals surface area contributed by atoms with Crippen LogP contribution in [0.25, 0.3) is 22.2 Å². The van der Waals surface area contributed by atoms with E-state index < -0.39 is 0 Å². The van der Waals surface area contributed by atoms with Gasteiger partial charge in [-0.1, -0.05) is 104 Å². The summed E-state index contributed by atoms with van der Waals surface area (Å²) in [6, 6.07) is 29.9. The quantitative estimate of drug-likeness (QED) is 0.170. The fourth-order valence-electron chi connectivity index (χ4n) is 5.11. The molecule has 0 amide bonds. The van der Waals surface area contributed by atoms with Gasteiger partial charge in [0, 0.05) is 45.4 Å². The maximum atomic E-state index is 10.3. The normalized spacial score (nSPS) is 11.3. The zero-order chi connectivity index (χ0) is 28.1. The third-order valence-corrected chi connectivity index (χ3v) is 7.71. The lowest BCUT2D eigenvalue weighted by Gasteiger charge is -2.22. The minimum Gasteiger partial charge on any atom is -0.476 e. The summed E-state index contributed by atoms with van der Waals surface area (Å²) in [5, 5.41) is 12.1. The lowest BCUT2D eigenvalue weighted by Crippen LogP contribution is -2.28. The summed E-state index contributed by atoms with van der Waals surface area (Å²) in [5.41, 5.74) is 4.86. The Kier molecular flexibility index (Phi) is 8.72. The molecule has 3 aromatic carbocycles. The van der Waals surface area contributed by atoms with Gasteiger partial charge in [-0.25, -0.2) is 0 Å². The van der Waals surface area contributed by atoms with Crippen molar-refractivity contribution in [2.75, 3.05) is 26.2 Å². The van der Waals surface area contributed by atoms with Gasteiger partial charge in [0.25, 0.3) is 0 Å². The van der Waals surface area contributed by atoms with E-state index in [-0.39, 0.29) is 6.04 Å². The second kappa shape index (κ2) is 12.6. The van der Waals surface area contributed by atoms with Gasteiger partial charge in [-0.3, -0.25) is 0 Å². The van der Waals surface area contributed by atoms with Crippen molar-refractivity contribution in [1.29, 1.82) is 5.26 Å². The number of likely N-dealkylation sites (N-methyl/N-ethyl adjacent to an activating group) is 1. The van der Waals surface area contributed by atoms with E-state index in [9.17, 15) is 5.26 Å². The van der Waals surface area contributed by atoms with Crippen LogP contribution < -0.4 is 4.74 Å². The molecule has 0 spiro atoms. The van der Waals surface area contributed by atoms with Crippen molar-refractivity contribution in [1.82, 2.24) is 14.5 Å². The molecule has 7 heteroatoms. The minimum absolute atomic E-state index is 0.209. The van der Waals surface area contributed by atoms with E-state index in [1.54, 1.807) is 12.1 Å². The van der Waals surface area contributed by atoms with Gasteiger partial charge in [0.15, 0.2) is 0 Å². The highest BCUT2D eigenvalue weighted by Crippen LogP contribution is 2.41. The molecule has 2 aromatic heterocycles. The summed E-state index contributed by atoms with van der Waals surface area (Å²) in [5.74, 6) is 0.476. The van der Waals surface area contributed by atoms with Crippen molar-refractivity contribution in [3.8, 4) is 23.1 Å². The van der Waals surface area contributed by atoms with Gasteiger partial charge in [-0.2, -0.15) is 10.2 Å². The number of hydrogen-bond acceptors (Lipinski definition) is 4. The first-order valence-corrected chi connectivity index (χ1v) is 14.2. The zero-order valence-electron chi connectivity index (χ0n) is 22.5.